The fraction of sp³-hybridized carbons (Fsp3) is 0.200. The van der Waals surface area contributed by atoms with Gasteiger partial charge in [0.15, 0.2) is 0 Å². The number of carbonyl (C=O) groups is 1. The average molecular weight is 417 g/mol. The lowest BCUT2D eigenvalue weighted by Crippen LogP contribution is -2.30. The zero-order valence-corrected chi connectivity index (χ0v) is 17.6. The van der Waals surface area contributed by atoms with Crippen LogP contribution in [0.1, 0.15) is 17.0 Å². The van der Waals surface area contributed by atoms with E-state index >= 15 is 0 Å². The summed E-state index contributed by atoms with van der Waals surface area (Å²) in [6.45, 7) is 2.73. The van der Waals surface area contributed by atoms with Gasteiger partial charge in [-0.15, -0.1) is 0 Å². The van der Waals surface area contributed by atoms with E-state index in [9.17, 15) is 9.18 Å². The van der Waals surface area contributed by atoms with Crippen molar-refractivity contribution in [2.75, 3.05) is 7.05 Å². The maximum Gasteiger partial charge on any atom is 0.242 e. The molecule has 0 radical (unpaired) electrons. The Balaban J connectivity index is 1.53. The third kappa shape index (κ3) is 4.91. The number of aryl methyl sites for hydroxylation is 1. The van der Waals surface area contributed by atoms with Gasteiger partial charge in [-0.2, -0.15) is 0 Å². The maximum absolute atomic E-state index is 13.5. The number of hydrogen-bond acceptors (Lipinski definition) is 3. The highest BCUT2D eigenvalue weighted by Gasteiger charge is 2.17. The maximum atomic E-state index is 13.5. The molecule has 4 aromatic rings. The van der Waals surface area contributed by atoms with Crippen LogP contribution in [0.5, 0.6) is 5.75 Å². The highest BCUT2D eigenvalue weighted by atomic mass is 19.1. The molecule has 0 bridgehead atoms. The Morgan fingerprint density at radius 2 is 1.84 bits per heavy atom. The van der Waals surface area contributed by atoms with Crippen LogP contribution in [0.3, 0.4) is 0 Å². The molecule has 158 valence electrons. The Labute approximate surface area is 180 Å². The summed E-state index contributed by atoms with van der Waals surface area (Å²) < 4.78 is 21.3. The lowest BCUT2D eigenvalue weighted by atomic mass is 10.2. The predicted octanol–water partition coefficient (Wildman–Crippen LogP) is 4.72. The first-order valence-corrected chi connectivity index (χ1v) is 10.1. The zero-order chi connectivity index (χ0) is 21.8. The Kier molecular flexibility index (Phi) is 5.98. The molecule has 1 heterocycles. The standard InChI is InChI=1S/C25H24FN3O2/c1-18-10-12-21(13-11-18)31-17-24-27-22-8-3-4-9-23(22)29(24)16-25(30)28(2)15-19-6-5-7-20(26)14-19/h3-14H,15-17H2,1-2H3. The van der Waals surface area contributed by atoms with Crippen LogP contribution in [0.25, 0.3) is 11.0 Å². The van der Waals surface area contributed by atoms with E-state index < -0.39 is 0 Å². The molecule has 0 saturated heterocycles. The summed E-state index contributed by atoms with van der Waals surface area (Å²) in [5.74, 6) is 1.02. The van der Waals surface area contributed by atoms with Gasteiger partial charge in [0.25, 0.3) is 0 Å². The second kappa shape index (κ2) is 9.00. The second-order valence-electron chi connectivity index (χ2n) is 7.58. The number of nitrogens with zero attached hydrogens (tertiary/aromatic N) is 3. The molecule has 3 aromatic carbocycles. The van der Waals surface area contributed by atoms with Crippen molar-refractivity contribution in [2.45, 2.75) is 26.6 Å². The molecule has 0 aliphatic rings. The predicted molar refractivity (Wildman–Crippen MR) is 118 cm³/mol. The van der Waals surface area contributed by atoms with Crippen molar-refractivity contribution in [3.05, 3.63) is 95.6 Å². The van der Waals surface area contributed by atoms with Crippen molar-refractivity contribution in [2.24, 2.45) is 0 Å². The van der Waals surface area contributed by atoms with Crippen molar-refractivity contribution >= 4 is 16.9 Å². The monoisotopic (exact) mass is 417 g/mol. The summed E-state index contributed by atoms with van der Waals surface area (Å²) in [4.78, 5) is 19.2. The molecule has 1 amide bonds. The Morgan fingerprint density at radius 3 is 2.61 bits per heavy atom. The molecule has 0 fully saturated rings. The molecule has 0 N–H and O–H groups in total. The van der Waals surface area contributed by atoms with Gasteiger partial charge in [-0.1, -0.05) is 42.0 Å². The normalized spacial score (nSPS) is 10.9. The van der Waals surface area contributed by atoms with Crippen LogP contribution in [-0.4, -0.2) is 27.4 Å². The van der Waals surface area contributed by atoms with Crippen molar-refractivity contribution in [1.82, 2.24) is 14.5 Å². The molecule has 0 aliphatic heterocycles. The lowest BCUT2D eigenvalue weighted by Gasteiger charge is -2.19. The van der Waals surface area contributed by atoms with Crippen molar-refractivity contribution in [3.63, 3.8) is 0 Å². The van der Waals surface area contributed by atoms with Gasteiger partial charge in [0.1, 0.15) is 30.5 Å². The summed E-state index contributed by atoms with van der Waals surface area (Å²) in [5.41, 5.74) is 3.59. The largest absolute Gasteiger partial charge is 0.486 e. The van der Waals surface area contributed by atoms with E-state index in [0.29, 0.717) is 12.4 Å². The first kappa shape index (κ1) is 20.6. The summed E-state index contributed by atoms with van der Waals surface area (Å²) in [7, 11) is 1.72. The molecular formula is C25H24FN3O2. The van der Waals surface area contributed by atoms with E-state index in [2.05, 4.69) is 4.98 Å². The first-order chi connectivity index (χ1) is 15.0. The van der Waals surface area contributed by atoms with Crippen LogP contribution >= 0.6 is 0 Å². The SMILES string of the molecule is Cc1ccc(OCc2nc3ccccc3n2CC(=O)N(C)Cc2cccc(F)c2)cc1. The number of likely N-dealkylation sites (N-methyl/N-ethyl adjacent to an activating group) is 1. The number of aromatic nitrogens is 2. The van der Waals surface area contributed by atoms with E-state index in [4.69, 9.17) is 4.74 Å². The molecule has 0 aliphatic carbocycles. The molecule has 5 nitrogen and oxygen atoms in total. The fourth-order valence-electron chi connectivity index (χ4n) is 3.45. The number of hydrogen-bond donors (Lipinski definition) is 0. The number of halogens is 1. The second-order valence-corrected chi connectivity index (χ2v) is 7.58. The van der Waals surface area contributed by atoms with E-state index in [1.165, 1.54) is 12.1 Å². The Morgan fingerprint density at radius 1 is 1.06 bits per heavy atom. The van der Waals surface area contributed by atoms with Crippen molar-refractivity contribution in [1.29, 1.82) is 0 Å². The molecule has 31 heavy (non-hydrogen) atoms. The van der Waals surface area contributed by atoms with Crippen LogP contribution in [0.2, 0.25) is 0 Å². The summed E-state index contributed by atoms with van der Waals surface area (Å²) in [6, 6.07) is 21.8. The van der Waals surface area contributed by atoms with Gasteiger partial charge >= 0.3 is 0 Å². The first-order valence-electron chi connectivity index (χ1n) is 10.1. The fourth-order valence-corrected chi connectivity index (χ4v) is 3.45. The van der Waals surface area contributed by atoms with Crippen molar-refractivity contribution < 1.29 is 13.9 Å². The highest BCUT2D eigenvalue weighted by molar-refractivity contribution is 5.81. The molecule has 0 saturated carbocycles. The number of fused-ring (bicyclic) bond motifs is 1. The number of benzene rings is 3. The Bertz CT molecular complexity index is 1200. The smallest absolute Gasteiger partial charge is 0.242 e. The van der Waals surface area contributed by atoms with Crippen molar-refractivity contribution in [3.8, 4) is 5.75 Å². The van der Waals surface area contributed by atoms with Crippen LogP contribution in [0.4, 0.5) is 4.39 Å². The number of carbonyl (C=O) groups excluding carboxylic acids is 1. The van der Waals surface area contributed by atoms with Gasteiger partial charge < -0.3 is 14.2 Å². The zero-order valence-electron chi connectivity index (χ0n) is 17.6. The number of rotatable bonds is 7. The Hall–Kier alpha value is -3.67. The minimum Gasteiger partial charge on any atom is -0.486 e. The molecule has 0 unspecified atom stereocenters. The average Bonchev–Trinajstić information content (AvgIpc) is 3.11. The van der Waals surface area contributed by atoms with Gasteiger partial charge in [-0.05, 0) is 48.9 Å². The number of para-hydroxylation sites is 2. The van der Waals surface area contributed by atoms with Gasteiger partial charge in [-0.3, -0.25) is 4.79 Å². The molecular weight excluding hydrogens is 393 g/mol. The molecule has 1 aromatic heterocycles. The van der Waals surface area contributed by atoms with Gasteiger partial charge in [0, 0.05) is 13.6 Å². The topological polar surface area (TPSA) is 47.4 Å². The number of amides is 1. The quantitative estimate of drug-likeness (QED) is 0.437. The van der Waals surface area contributed by atoms with Crippen LogP contribution < -0.4 is 4.74 Å². The summed E-state index contributed by atoms with van der Waals surface area (Å²) >= 11 is 0. The van der Waals surface area contributed by atoms with E-state index in [1.807, 2.05) is 60.0 Å². The third-order valence-corrected chi connectivity index (χ3v) is 5.15. The molecule has 0 spiro atoms. The van der Waals surface area contributed by atoms with E-state index in [-0.39, 0.29) is 24.9 Å². The third-order valence-electron chi connectivity index (χ3n) is 5.15. The number of imidazole rings is 1. The molecule has 0 atom stereocenters. The summed E-state index contributed by atoms with van der Waals surface area (Å²) in [5, 5.41) is 0. The van der Waals surface area contributed by atoms with Crippen LogP contribution in [-0.2, 0) is 24.5 Å². The minimum atomic E-state index is -0.311. The minimum absolute atomic E-state index is 0.0935. The summed E-state index contributed by atoms with van der Waals surface area (Å²) in [6.07, 6.45) is 0. The van der Waals surface area contributed by atoms with Gasteiger partial charge in [-0.25, -0.2) is 9.37 Å². The van der Waals surface area contributed by atoms with Gasteiger partial charge in [0.05, 0.1) is 11.0 Å². The lowest BCUT2D eigenvalue weighted by molar-refractivity contribution is -0.131. The molecule has 6 heteroatoms. The van der Waals surface area contributed by atoms with E-state index in [0.717, 1.165) is 27.9 Å². The highest BCUT2D eigenvalue weighted by Crippen LogP contribution is 2.19. The molecule has 4 rings (SSSR count). The van der Waals surface area contributed by atoms with Crippen LogP contribution in [0.15, 0.2) is 72.8 Å². The van der Waals surface area contributed by atoms with Crippen LogP contribution in [0, 0.1) is 12.7 Å². The van der Waals surface area contributed by atoms with Gasteiger partial charge in [0.2, 0.25) is 5.91 Å². The van der Waals surface area contributed by atoms with E-state index in [1.54, 1.807) is 24.1 Å². The number of ether oxygens (including phenoxy) is 1.